The Balaban J connectivity index is 1.54. The van der Waals surface area contributed by atoms with E-state index in [-0.39, 0.29) is 18.4 Å². The third-order valence-electron chi connectivity index (χ3n) is 4.02. The van der Waals surface area contributed by atoms with Gasteiger partial charge in [0.25, 0.3) is 0 Å². The molecule has 0 aliphatic carbocycles. The molecule has 0 atom stereocenters. The molecule has 1 heterocycles. The average Bonchev–Trinajstić information content (AvgIpc) is 3.23. The van der Waals surface area contributed by atoms with Crippen LogP contribution in [0, 0.1) is 0 Å². The molecule has 1 aromatic heterocycles. The Kier molecular flexibility index (Phi) is 6.24. The minimum Gasteiger partial charge on any atom is -0.333 e. The lowest BCUT2D eigenvalue weighted by Gasteiger charge is -2.15. The van der Waals surface area contributed by atoms with Crippen LogP contribution in [0.15, 0.2) is 73.3 Å². The number of rotatable bonds is 6. The summed E-state index contributed by atoms with van der Waals surface area (Å²) < 4.78 is 1.89. The number of benzene rings is 2. The highest BCUT2D eigenvalue weighted by Gasteiger charge is 2.11. The van der Waals surface area contributed by atoms with Crippen LogP contribution in [-0.2, 0) is 9.59 Å². The van der Waals surface area contributed by atoms with Crippen molar-refractivity contribution in [2.24, 2.45) is 0 Å². The van der Waals surface area contributed by atoms with Gasteiger partial charge in [-0.05, 0) is 35.9 Å². The molecule has 0 spiro atoms. The monoisotopic (exact) mass is 394 g/mol. The van der Waals surface area contributed by atoms with Gasteiger partial charge in [0.1, 0.15) is 0 Å². The standard InChI is InChI=1S/C21H19ClN4O2/c1-25(14-20(27)24-19-5-3-2-4-18(19)22)21(28)11-8-16-6-9-17(10-7-16)26-13-12-23-15-26/h2-13,15H,14H2,1H3,(H,24,27)/b11-8+. The van der Waals surface area contributed by atoms with Crippen molar-refractivity contribution >= 4 is 35.2 Å². The number of amides is 2. The number of para-hydroxylation sites is 1. The number of nitrogens with one attached hydrogen (secondary N) is 1. The van der Waals surface area contributed by atoms with Crippen LogP contribution in [0.4, 0.5) is 5.69 Å². The highest BCUT2D eigenvalue weighted by molar-refractivity contribution is 6.33. The molecule has 7 heteroatoms. The molecule has 28 heavy (non-hydrogen) atoms. The first-order valence-corrected chi connectivity index (χ1v) is 8.96. The molecule has 0 aliphatic heterocycles. The van der Waals surface area contributed by atoms with Crippen LogP contribution in [-0.4, -0.2) is 39.9 Å². The van der Waals surface area contributed by atoms with Crippen molar-refractivity contribution in [3.05, 3.63) is 83.9 Å². The van der Waals surface area contributed by atoms with Crippen molar-refractivity contribution < 1.29 is 9.59 Å². The fourth-order valence-corrected chi connectivity index (χ4v) is 2.69. The summed E-state index contributed by atoms with van der Waals surface area (Å²) >= 11 is 6.02. The van der Waals surface area contributed by atoms with Crippen LogP contribution in [0.5, 0.6) is 0 Å². The van der Waals surface area contributed by atoms with E-state index in [1.54, 1.807) is 49.9 Å². The topological polar surface area (TPSA) is 67.2 Å². The van der Waals surface area contributed by atoms with E-state index in [1.165, 1.54) is 11.0 Å². The highest BCUT2D eigenvalue weighted by atomic mass is 35.5. The van der Waals surface area contributed by atoms with E-state index < -0.39 is 0 Å². The third-order valence-corrected chi connectivity index (χ3v) is 4.35. The van der Waals surface area contributed by atoms with Gasteiger partial charge in [-0.3, -0.25) is 9.59 Å². The molecule has 0 saturated carbocycles. The van der Waals surface area contributed by atoms with E-state index in [1.807, 2.05) is 35.0 Å². The molecular weight excluding hydrogens is 376 g/mol. The lowest BCUT2D eigenvalue weighted by Crippen LogP contribution is -2.33. The third kappa shape index (κ3) is 5.08. The molecule has 3 rings (SSSR count). The van der Waals surface area contributed by atoms with Gasteiger partial charge in [-0.25, -0.2) is 4.98 Å². The van der Waals surface area contributed by atoms with Crippen molar-refractivity contribution in [1.29, 1.82) is 0 Å². The Morgan fingerprint density at radius 3 is 2.61 bits per heavy atom. The Bertz CT molecular complexity index is 982. The van der Waals surface area contributed by atoms with Gasteiger partial charge in [-0.1, -0.05) is 35.9 Å². The van der Waals surface area contributed by atoms with Gasteiger partial charge in [0.15, 0.2) is 0 Å². The number of aromatic nitrogens is 2. The maximum Gasteiger partial charge on any atom is 0.246 e. The second kappa shape index (κ2) is 9.01. The lowest BCUT2D eigenvalue weighted by molar-refractivity contribution is -0.129. The number of halogens is 1. The largest absolute Gasteiger partial charge is 0.333 e. The molecule has 0 fully saturated rings. The number of hydrogen-bond acceptors (Lipinski definition) is 3. The zero-order chi connectivity index (χ0) is 19.9. The predicted molar refractivity (Wildman–Crippen MR) is 110 cm³/mol. The van der Waals surface area contributed by atoms with E-state index in [2.05, 4.69) is 10.3 Å². The van der Waals surface area contributed by atoms with Crippen LogP contribution in [0.3, 0.4) is 0 Å². The number of imidazole rings is 1. The number of hydrogen-bond donors (Lipinski definition) is 1. The Morgan fingerprint density at radius 2 is 1.93 bits per heavy atom. The molecule has 6 nitrogen and oxygen atoms in total. The van der Waals surface area contributed by atoms with Crippen molar-refractivity contribution in [3.63, 3.8) is 0 Å². The summed E-state index contributed by atoms with van der Waals surface area (Å²) in [6, 6.07) is 14.6. The number of carbonyl (C=O) groups excluding carboxylic acids is 2. The zero-order valence-corrected chi connectivity index (χ0v) is 16.0. The quantitative estimate of drug-likeness (QED) is 0.649. The number of carbonyl (C=O) groups is 2. The predicted octanol–water partition coefficient (Wildman–Crippen LogP) is 3.64. The first kappa shape index (κ1) is 19.4. The summed E-state index contributed by atoms with van der Waals surface area (Å²) in [7, 11) is 1.57. The number of anilines is 1. The van der Waals surface area contributed by atoms with Crippen LogP contribution < -0.4 is 5.32 Å². The molecule has 2 amide bonds. The van der Waals surface area contributed by atoms with Crippen molar-refractivity contribution in [1.82, 2.24) is 14.5 Å². The average molecular weight is 395 g/mol. The molecule has 0 radical (unpaired) electrons. The lowest BCUT2D eigenvalue weighted by atomic mass is 10.2. The Hall–Kier alpha value is -3.38. The van der Waals surface area contributed by atoms with Gasteiger partial charge >= 0.3 is 0 Å². The second-order valence-corrected chi connectivity index (χ2v) is 6.52. The van der Waals surface area contributed by atoms with Gasteiger partial charge in [-0.15, -0.1) is 0 Å². The summed E-state index contributed by atoms with van der Waals surface area (Å²) in [4.78, 5) is 29.7. The summed E-state index contributed by atoms with van der Waals surface area (Å²) in [5.74, 6) is -0.588. The van der Waals surface area contributed by atoms with Crippen molar-refractivity contribution in [2.45, 2.75) is 0 Å². The van der Waals surface area contributed by atoms with Gasteiger partial charge in [0, 0.05) is 31.2 Å². The van der Waals surface area contributed by atoms with Crippen LogP contribution in [0.1, 0.15) is 5.56 Å². The first-order valence-electron chi connectivity index (χ1n) is 8.59. The minimum absolute atomic E-state index is 0.0754. The van der Waals surface area contributed by atoms with E-state index in [0.717, 1.165) is 11.3 Å². The molecule has 0 saturated heterocycles. The smallest absolute Gasteiger partial charge is 0.246 e. The van der Waals surface area contributed by atoms with E-state index in [0.29, 0.717) is 10.7 Å². The molecular formula is C21H19ClN4O2. The fraction of sp³-hybridized carbons (Fsp3) is 0.0952. The number of nitrogens with zero attached hydrogens (tertiary/aromatic N) is 3. The van der Waals surface area contributed by atoms with E-state index in [9.17, 15) is 9.59 Å². The molecule has 0 aliphatic rings. The molecule has 0 bridgehead atoms. The maximum atomic E-state index is 12.2. The summed E-state index contributed by atoms with van der Waals surface area (Å²) in [6.07, 6.45) is 8.44. The second-order valence-electron chi connectivity index (χ2n) is 6.12. The summed E-state index contributed by atoms with van der Waals surface area (Å²) in [5.41, 5.74) is 2.38. The highest BCUT2D eigenvalue weighted by Crippen LogP contribution is 2.20. The minimum atomic E-state index is -0.318. The van der Waals surface area contributed by atoms with Crippen LogP contribution in [0.25, 0.3) is 11.8 Å². The van der Waals surface area contributed by atoms with Crippen molar-refractivity contribution in [2.75, 3.05) is 18.9 Å². The first-order chi connectivity index (χ1) is 13.5. The molecule has 142 valence electrons. The molecule has 1 N–H and O–H groups in total. The van der Waals surface area contributed by atoms with Gasteiger partial charge < -0.3 is 14.8 Å². The van der Waals surface area contributed by atoms with Gasteiger partial charge in [0.05, 0.1) is 23.6 Å². The fourth-order valence-electron chi connectivity index (χ4n) is 2.51. The SMILES string of the molecule is CN(CC(=O)Nc1ccccc1Cl)C(=O)/C=C/c1ccc(-n2ccnc2)cc1. The summed E-state index contributed by atoms with van der Waals surface area (Å²) in [6.45, 7) is -0.0754. The maximum absolute atomic E-state index is 12.2. The van der Waals surface area contributed by atoms with Crippen molar-refractivity contribution in [3.8, 4) is 5.69 Å². The zero-order valence-electron chi connectivity index (χ0n) is 15.2. The molecule has 3 aromatic rings. The Labute approximate surface area is 168 Å². The van der Waals surface area contributed by atoms with E-state index >= 15 is 0 Å². The van der Waals surface area contributed by atoms with Crippen LogP contribution in [0.2, 0.25) is 5.02 Å². The summed E-state index contributed by atoms with van der Waals surface area (Å²) in [5, 5.41) is 3.14. The van der Waals surface area contributed by atoms with Crippen LogP contribution >= 0.6 is 11.6 Å². The molecule has 2 aromatic carbocycles. The normalized spacial score (nSPS) is 10.8. The molecule has 0 unspecified atom stereocenters. The van der Waals surface area contributed by atoms with E-state index in [4.69, 9.17) is 11.6 Å². The number of likely N-dealkylation sites (N-methyl/N-ethyl adjacent to an activating group) is 1. The Morgan fingerprint density at radius 1 is 1.18 bits per heavy atom. The van der Waals surface area contributed by atoms with Gasteiger partial charge in [-0.2, -0.15) is 0 Å². The van der Waals surface area contributed by atoms with Gasteiger partial charge in [0.2, 0.25) is 11.8 Å².